The molecular formula is C11H17NO3. The number of hydrogen-bond acceptors (Lipinski definition) is 2. The Morgan fingerprint density at radius 2 is 1.80 bits per heavy atom. The van der Waals surface area contributed by atoms with Crippen LogP contribution in [0.4, 0.5) is 0 Å². The fourth-order valence-corrected chi connectivity index (χ4v) is 2.76. The molecule has 0 bridgehead atoms. The van der Waals surface area contributed by atoms with Gasteiger partial charge in [-0.1, -0.05) is 12.8 Å². The number of hydrogen-bond donors (Lipinski definition) is 1. The number of rotatable bonds is 3. The van der Waals surface area contributed by atoms with Crippen LogP contribution in [0.2, 0.25) is 0 Å². The zero-order valence-electron chi connectivity index (χ0n) is 9.03. The Morgan fingerprint density at radius 3 is 2.13 bits per heavy atom. The molecule has 0 spiro atoms. The summed E-state index contributed by atoms with van der Waals surface area (Å²) in [6, 6.07) is 0.191. The third-order valence-electron chi connectivity index (χ3n) is 3.54. The zero-order valence-corrected chi connectivity index (χ0v) is 9.03. The van der Waals surface area contributed by atoms with Crippen molar-refractivity contribution in [3.63, 3.8) is 0 Å². The van der Waals surface area contributed by atoms with Gasteiger partial charge in [0.05, 0.1) is 0 Å². The summed E-state index contributed by atoms with van der Waals surface area (Å²) in [5, 5.41) is 9.37. The summed E-state index contributed by atoms with van der Waals surface area (Å²) in [6.07, 6.45) is 5.02. The second-order valence-corrected chi connectivity index (χ2v) is 4.66. The third kappa shape index (κ3) is 1.62. The second kappa shape index (κ2) is 3.51. The van der Waals surface area contributed by atoms with Crippen molar-refractivity contribution < 1.29 is 14.7 Å². The minimum Gasteiger partial charge on any atom is -0.479 e. The summed E-state index contributed by atoms with van der Waals surface area (Å²) in [5.41, 5.74) is -0.882. The number of carboxylic acid groups (broad SMARTS) is 1. The van der Waals surface area contributed by atoms with Crippen LogP contribution in [0.3, 0.4) is 0 Å². The minimum atomic E-state index is -0.882. The number of amides is 1. The molecule has 4 heteroatoms. The van der Waals surface area contributed by atoms with E-state index in [1.54, 1.807) is 4.90 Å². The Bertz CT molecular complexity index is 290. The van der Waals surface area contributed by atoms with Crippen molar-refractivity contribution in [2.75, 3.05) is 0 Å². The summed E-state index contributed by atoms with van der Waals surface area (Å²) in [6.45, 7) is 1.49. The monoisotopic (exact) mass is 211 g/mol. The maximum atomic E-state index is 11.6. The van der Waals surface area contributed by atoms with E-state index in [1.807, 2.05) is 0 Å². The van der Waals surface area contributed by atoms with Gasteiger partial charge in [0.2, 0.25) is 5.91 Å². The minimum absolute atomic E-state index is 0.0817. The average molecular weight is 211 g/mol. The summed E-state index contributed by atoms with van der Waals surface area (Å²) >= 11 is 0. The highest BCUT2D eigenvalue weighted by atomic mass is 16.4. The SMILES string of the molecule is CC(=O)N(C1CC1)C1(C(=O)O)CCCC1. The predicted molar refractivity (Wildman–Crippen MR) is 54.4 cm³/mol. The molecule has 0 aromatic carbocycles. The highest BCUT2D eigenvalue weighted by molar-refractivity contribution is 5.86. The molecule has 84 valence electrons. The summed E-state index contributed by atoms with van der Waals surface area (Å²) in [5.74, 6) is -0.899. The molecule has 0 aromatic heterocycles. The van der Waals surface area contributed by atoms with E-state index < -0.39 is 11.5 Å². The van der Waals surface area contributed by atoms with Gasteiger partial charge in [-0.25, -0.2) is 4.79 Å². The van der Waals surface area contributed by atoms with Crippen LogP contribution in [0, 0.1) is 0 Å². The Morgan fingerprint density at radius 1 is 1.27 bits per heavy atom. The van der Waals surface area contributed by atoms with Crippen LogP contribution < -0.4 is 0 Å². The number of carbonyl (C=O) groups is 2. The molecule has 0 unspecified atom stereocenters. The van der Waals surface area contributed by atoms with E-state index in [2.05, 4.69) is 0 Å². The van der Waals surface area contributed by atoms with Gasteiger partial charge in [-0.15, -0.1) is 0 Å². The van der Waals surface area contributed by atoms with Crippen molar-refractivity contribution in [2.24, 2.45) is 0 Å². The molecule has 0 saturated heterocycles. The molecular weight excluding hydrogens is 194 g/mol. The standard InChI is InChI=1S/C11H17NO3/c1-8(13)12(9-4-5-9)11(10(14)15)6-2-3-7-11/h9H,2-7H2,1H3,(H,14,15). The van der Waals surface area contributed by atoms with E-state index in [1.165, 1.54) is 6.92 Å². The zero-order chi connectivity index (χ0) is 11.1. The van der Waals surface area contributed by atoms with Crippen molar-refractivity contribution in [2.45, 2.75) is 57.0 Å². The van der Waals surface area contributed by atoms with Crippen LogP contribution in [0.15, 0.2) is 0 Å². The molecule has 2 saturated carbocycles. The molecule has 2 fully saturated rings. The van der Waals surface area contributed by atoms with Gasteiger partial charge in [-0.2, -0.15) is 0 Å². The molecule has 0 radical (unpaired) electrons. The van der Waals surface area contributed by atoms with E-state index in [0.29, 0.717) is 12.8 Å². The van der Waals surface area contributed by atoms with Gasteiger partial charge < -0.3 is 10.0 Å². The lowest BCUT2D eigenvalue weighted by Crippen LogP contribution is -2.55. The lowest BCUT2D eigenvalue weighted by atomic mass is 9.94. The molecule has 15 heavy (non-hydrogen) atoms. The smallest absolute Gasteiger partial charge is 0.329 e. The average Bonchev–Trinajstić information content (AvgIpc) is 2.81. The Kier molecular flexibility index (Phi) is 2.44. The predicted octanol–water partition coefficient (Wildman–Crippen LogP) is 1.39. The molecule has 1 N–H and O–H groups in total. The van der Waals surface area contributed by atoms with Gasteiger partial charge in [0.15, 0.2) is 0 Å². The van der Waals surface area contributed by atoms with Crippen molar-refractivity contribution in [1.29, 1.82) is 0 Å². The first-order valence-electron chi connectivity index (χ1n) is 5.61. The highest BCUT2D eigenvalue weighted by Crippen LogP contribution is 2.42. The van der Waals surface area contributed by atoms with Gasteiger partial charge in [0.1, 0.15) is 5.54 Å². The Hall–Kier alpha value is -1.06. The lowest BCUT2D eigenvalue weighted by molar-refractivity contribution is -0.159. The number of carbonyl (C=O) groups excluding carboxylic acids is 1. The molecule has 0 heterocycles. The number of aliphatic carboxylic acids is 1. The van der Waals surface area contributed by atoms with E-state index in [-0.39, 0.29) is 11.9 Å². The summed E-state index contributed by atoms with van der Waals surface area (Å²) in [4.78, 5) is 24.6. The van der Waals surface area contributed by atoms with E-state index >= 15 is 0 Å². The molecule has 2 rings (SSSR count). The molecule has 2 aliphatic rings. The molecule has 4 nitrogen and oxygen atoms in total. The van der Waals surface area contributed by atoms with Crippen LogP contribution in [-0.2, 0) is 9.59 Å². The first kappa shape index (κ1) is 10.5. The van der Waals surface area contributed by atoms with E-state index in [4.69, 9.17) is 0 Å². The normalized spacial score (nSPS) is 23.8. The summed E-state index contributed by atoms with van der Waals surface area (Å²) < 4.78 is 0. The number of carboxylic acids is 1. The van der Waals surface area contributed by atoms with Gasteiger partial charge in [0, 0.05) is 13.0 Å². The van der Waals surface area contributed by atoms with E-state index in [0.717, 1.165) is 25.7 Å². The van der Waals surface area contributed by atoms with Crippen molar-refractivity contribution >= 4 is 11.9 Å². The Balaban J connectivity index is 2.28. The van der Waals surface area contributed by atoms with Crippen LogP contribution in [-0.4, -0.2) is 33.5 Å². The van der Waals surface area contributed by atoms with Crippen LogP contribution in [0.1, 0.15) is 45.4 Å². The maximum absolute atomic E-state index is 11.6. The van der Waals surface area contributed by atoms with Crippen molar-refractivity contribution in [1.82, 2.24) is 4.90 Å². The molecule has 0 aliphatic heterocycles. The van der Waals surface area contributed by atoms with Crippen LogP contribution in [0.5, 0.6) is 0 Å². The number of nitrogens with zero attached hydrogens (tertiary/aromatic N) is 1. The third-order valence-corrected chi connectivity index (χ3v) is 3.54. The molecule has 0 atom stereocenters. The van der Waals surface area contributed by atoms with Crippen LogP contribution >= 0.6 is 0 Å². The van der Waals surface area contributed by atoms with Crippen LogP contribution in [0.25, 0.3) is 0 Å². The van der Waals surface area contributed by atoms with Gasteiger partial charge in [-0.3, -0.25) is 4.79 Å². The quantitative estimate of drug-likeness (QED) is 0.767. The molecule has 1 amide bonds. The van der Waals surface area contributed by atoms with E-state index in [9.17, 15) is 14.7 Å². The van der Waals surface area contributed by atoms with Gasteiger partial charge in [-0.05, 0) is 25.7 Å². The fourth-order valence-electron chi connectivity index (χ4n) is 2.76. The first-order chi connectivity index (χ1) is 7.08. The largest absolute Gasteiger partial charge is 0.479 e. The van der Waals surface area contributed by atoms with Gasteiger partial charge in [0.25, 0.3) is 0 Å². The van der Waals surface area contributed by atoms with Crippen molar-refractivity contribution in [3.8, 4) is 0 Å². The molecule has 0 aromatic rings. The highest BCUT2D eigenvalue weighted by Gasteiger charge is 2.52. The fraction of sp³-hybridized carbons (Fsp3) is 0.818. The second-order valence-electron chi connectivity index (χ2n) is 4.66. The Labute approximate surface area is 89.3 Å². The van der Waals surface area contributed by atoms with Gasteiger partial charge >= 0.3 is 5.97 Å². The maximum Gasteiger partial charge on any atom is 0.329 e. The van der Waals surface area contributed by atoms with Crippen molar-refractivity contribution in [3.05, 3.63) is 0 Å². The summed E-state index contributed by atoms with van der Waals surface area (Å²) in [7, 11) is 0. The lowest BCUT2D eigenvalue weighted by Gasteiger charge is -2.37. The topological polar surface area (TPSA) is 57.6 Å². The first-order valence-corrected chi connectivity index (χ1v) is 5.61. The molecule has 2 aliphatic carbocycles.